The molecular formula is C16H38GaO4P. The van der Waals surface area contributed by atoms with Gasteiger partial charge in [0.25, 0.3) is 0 Å². The van der Waals surface area contributed by atoms with Gasteiger partial charge in [-0.2, -0.15) is 0 Å². The van der Waals surface area contributed by atoms with Crippen molar-refractivity contribution in [2.75, 3.05) is 6.61 Å². The van der Waals surface area contributed by atoms with Gasteiger partial charge in [-0.1, -0.05) is 90.4 Å². The van der Waals surface area contributed by atoms with Crippen molar-refractivity contribution < 1.29 is 18.9 Å². The zero-order valence-electron chi connectivity index (χ0n) is 13.8. The predicted molar refractivity (Wildman–Crippen MR) is 98.2 cm³/mol. The molecule has 0 aromatic rings. The second kappa shape index (κ2) is 18.1. The summed E-state index contributed by atoms with van der Waals surface area (Å²) in [4.78, 5) is 17.0. The fourth-order valence-electron chi connectivity index (χ4n) is 2.48. The molecule has 22 heavy (non-hydrogen) atoms. The average Bonchev–Trinajstić information content (AvgIpc) is 2.42. The molecule has 0 spiro atoms. The molecule has 0 aliphatic carbocycles. The molecule has 0 aliphatic rings. The summed E-state index contributed by atoms with van der Waals surface area (Å²) in [5.74, 6) is 0. The van der Waals surface area contributed by atoms with Crippen molar-refractivity contribution in [2.24, 2.45) is 0 Å². The van der Waals surface area contributed by atoms with Crippen LogP contribution in [0.2, 0.25) is 0 Å². The van der Waals surface area contributed by atoms with Crippen molar-refractivity contribution >= 4 is 27.6 Å². The maximum absolute atomic E-state index is 10.4. The first-order valence-electron chi connectivity index (χ1n) is 8.76. The molecule has 0 heterocycles. The second-order valence-electron chi connectivity index (χ2n) is 5.92. The first-order valence-corrected chi connectivity index (χ1v) is 10.3. The van der Waals surface area contributed by atoms with E-state index in [1.54, 1.807) is 0 Å². The third-order valence-corrected chi connectivity index (χ3v) is 4.28. The first kappa shape index (κ1) is 25.0. The van der Waals surface area contributed by atoms with E-state index in [1.807, 2.05) is 0 Å². The molecule has 0 rings (SSSR count). The van der Waals surface area contributed by atoms with Crippen molar-refractivity contribution in [1.82, 2.24) is 0 Å². The zero-order valence-corrected chi connectivity index (χ0v) is 14.7. The fraction of sp³-hybridized carbons (Fsp3) is 1.00. The Morgan fingerprint density at radius 2 is 1.00 bits per heavy atom. The molecule has 4 nitrogen and oxygen atoms in total. The maximum atomic E-state index is 10.4. The molecular weight excluding hydrogens is 357 g/mol. The van der Waals surface area contributed by atoms with Crippen molar-refractivity contribution in [3.8, 4) is 0 Å². The van der Waals surface area contributed by atoms with Crippen LogP contribution in [0.25, 0.3) is 0 Å². The Morgan fingerprint density at radius 3 is 1.32 bits per heavy atom. The fourth-order valence-corrected chi connectivity index (χ4v) is 2.85. The van der Waals surface area contributed by atoms with E-state index in [9.17, 15) is 4.57 Å². The second-order valence-corrected chi connectivity index (χ2v) is 7.16. The van der Waals surface area contributed by atoms with E-state index in [1.165, 1.54) is 70.6 Å². The topological polar surface area (TPSA) is 66.8 Å². The number of phosphoric acid groups is 1. The summed E-state index contributed by atoms with van der Waals surface area (Å²) in [6, 6.07) is 0. The summed E-state index contributed by atoms with van der Waals surface area (Å²) in [6.07, 6.45) is 17.8. The van der Waals surface area contributed by atoms with E-state index in [4.69, 9.17) is 9.79 Å². The molecule has 0 radical (unpaired) electrons. The van der Waals surface area contributed by atoms with E-state index in [0.29, 0.717) is 0 Å². The van der Waals surface area contributed by atoms with Gasteiger partial charge >= 0.3 is 27.6 Å². The molecule has 0 aromatic carbocycles. The SMILES string of the molecule is CCCCCCCCCCCCCCCCOP(=O)(O)O.[GaH3]. The Morgan fingerprint density at radius 1 is 0.682 bits per heavy atom. The Balaban J connectivity index is 0. The van der Waals surface area contributed by atoms with E-state index >= 15 is 0 Å². The van der Waals surface area contributed by atoms with Gasteiger partial charge in [0.1, 0.15) is 0 Å². The van der Waals surface area contributed by atoms with Gasteiger partial charge in [-0.15, -0.1) is 0 Å². The molecule has 0 aliphatic heterocycles. The Kier molecular flexibility index (Phi) is 20.6. The molecule has 0 aromatic heterocycles. The molecule has 0 saturated heterocycles. The third-order valence-electron chi connectivity index (χ3n) is 3.76. The molecule has 2 N–H and O–H groups in total. The predicted octanol–water partition coefficient (Wildman–Crippen LogP) is 4.39. The van der Waals surface area contributed by atoms with E-state index in [2.05, 4.69) is 11.4 Å². The van der Waals surface area contributed by atoms with Crippen molar-refractivity contribution in [1.29, 1.82) is 0 Å². The van der Waals surface area contributed by atoms with E-state index < -0.39 is 7.82 Å². The minimum atomic E-state index is -4.25. The van der Waals surface area contributed by atoms with Crippen LogP contribution >= 0.6 is 7.82 Å². The molecule has 0 amide bonds. The van der Waals surface area contributed by atoms with Crippen LogP contribution in [0.4, 0.5) is 0 Å². The van der Waals surface area contributed by atoms with Gasteiger partial charge in [0.2, 0.25) is 0 Å². The van der Waals surface area contributed by atoms with Gasteiger partial charge in [-0.25, -0.2) is 4.57 Å². The summed E-state index contributed by atoms with van der Waals surface area (Å²) in [6.45, 7) is 2.42. The van der Waals surface area contributed by atoms with Crippen molar-refractivity contribution in [3.05, 3.63) is 0 Å². The van der Waals surface area contributed by atoms with E-state index in [0.717, 1.165) is 19.3 Å². The number of hydrogen-bond donors (Lipinski definition) is 2. The molecule has 0 atom stereocenters. The Hall–Kier alpha value is 0.746. The number of phosphoric ester groups is 1. The summed E-state index contributed by atoms with van der Waals surface area (Å²) >= 11 is 0. The van der Waals surface area contributed by atoms with Crippen LogP contribution in [-0.4, -0.2) is 36.2 Å². The van der Waals surface area contributed by atoms with Crippen LogP contribution in [0.5, 0.6) is 0 Å². The minimum absolute atomic E-state index is 0. The van der Waals surface area contributed by atoms with Gasteiger partial charge < -0.3 is 9.79 Å². The molecule has 0 fully saturated rings. The molecule has 134 valence electrons. The summed E-state index contributed by atoms with van der Waals surface area (Å²) in [5.41, 5.74) is 0. The number of unbranched alkanes of at least 4 members (excludes halogenated alkanes) is 13. The summed E-state index contributed by atoms with van der Waals surface area (Å²) in [5, 5.41) is 0. The van der Waals surface area contributed by atoms with Crippen molar-refractivity contribution in [3.63, 3.8) is 0 Å². The molecule has 0 unspecified atom stereocenters. The van der Waals surface area contributed by atoms with Crippen LogP contribution in [0, 0.1) is 0 Å². The van der Waals surface area contributed by atoms with Crippen LogP contribution in [0.1, 0.15) is 96.8 Å². The summed E-state index contributed by atoms with van der Waals surface area (Å²) < 4.78 is 14.8. The Bertz CT molecular complexity index is 259. The van der Waals surface area contributed by atoms with Crippen LogP contribution < -0.4 is 0 Å². The van der Waals surface area contributed by atoms with Crippen LogP contribution in [0.15, 0.2) is 0 Å². The zero-order chi connectivity index (χ0) is 15.8. The van der Waals surface area contributed by atoms with Crippen LogP contribution in [-0.2, 0) is 9.09 Å². The number of rotatable bonds is 16. The summed E-state index contributed by atoms with van der Waals surface area (Å²) in [7, 11) is -4.25. The normalized spacial score (nSPS) is 11.4. The van der Waals surface area contributed by atoms with Crippen molar-refractivity contribution in [2.45, 2.75) is 96.8 Å². The average molecular weight is 395 g/mol. The van der Waals surface area contributed by atoms with Crippen LogP contribution in [0.3, 0.4) is 0 Å². The van der Waals surface area contributed by atoms with Gasteiger partial charge in [-0.05, 0) is 6.42 Å². The standard InChI is InChI=1S/C16H35O4P.Ga.3H/c1-2-3-4-5-6-7-8-9-10-11-12-13-14-15-16-20-21(17,18)19;;;;/h2-16H2,1H3,(H2,17,18,19);;;;. The van der Waals surface area contributed by atoms with Gasteiger partial charge in [0.15, 0.2) is 0 Å². The van der Waals surface area contributed by atoms with Gasteiger partial charge in [0.05, 0.1) is 6.61 Å². The third kappa shape index (κ3) is 23.0. The Labute approximate surface area is 150 Å². The van der Waals surface area contributed by atoms with Gasteiger partial charge in [-0.3, -0.25) is 4.52 Å². The first-order chi connectivity index (χ1) is 10.1. The molecule has 6 heteroatoms. The molecule has 0 bridgehead atoms. The quantitative estimate of drug-likeness (QED) is 0.231. The van der Waals surface area contributed by atoms with Gasteiger partial charge in [0, 0.05) is 0 Å². The molecule has 0 saturated carbocycles. The monoisotopic (exact) mass is 394 g/mol. The van der Waals surface area contributed by atoms with E-state index in [-0.39, 0.29) is 26.4 Å². The number of hydrogen-bond acceptors (Lipinski definition) is 2.